The second-order valence-electron chi connectivity index (χ2n) is 8.81. The molecule has 0 spiro atoms. The van der Waals surface area contributed by atoms with E-state index in [0.29, 0.717) is 29.1 Å². The molecule has 0 aromatic heterocycles. The summed E-state index contributed by atoms with van der Waals surface area (Å²) in [5.41, 5.74) is 3.79. The van der Waals surface area contributed by atoms with Gasteiger partial charge in [-0.25, -0.2) is 0 Å². The highest BCUT2D eigenvalue weighted by Crippen LogP contribution is 2.48. The van der Waals surface area contributed by atoms with E-state index in [1.807, 2.05) is 19.1 Å². The van der Waals surface area contributed by atoms with Crippen molar-refractivity contribution in [2.45, 2.75) is 46.0 Å². The van der Waals surface area contributed by atoms with Crippen LogP contribution < -0.4 is 4.90 Å². The van der Waals surface area contributed by atoms with Crippen LogP contribution in [0, 0.1) is 12.3 Å². The zero-order valence-electron chi connectivity index (χ0n) is 16.8. The minimum absolute atomic E-state index is 0.0488. The van der Waals surface area contributed by atoms with Gasteiger partial charge in [-0.2, -0.15) is 0 Å². The fourth-order valence-corrected chi connectivity index (χ4v) is 4.60. The third-order valence-electron chi connectivity index (χ3n) is 5.85. The van der Waals surface area contributed by atoms with Crippen LogP contribution in [0.3, 0.4) is 0 Å². The van der Waals surface area contributed by atoms with Gasteiger partial charge in [0.2, 0.25) is 5.91 Å². The number of amides is 1. The first-order chi connectivity index (χ1) is 13.7. The van der Waals surface area contributed by atoms with Gasteiger partial charge in [0.05, 0.1) is 5.69 Å². The van der Waals surface area contributed by atoms with Crippen LogP contribution in [0.5, 0.6) is 5.75 Å². The van der Waals surface area contributed by atoms with Crippen molar-refractivity contribution in [3.63, 3.8) is 0 Å². The van der Waals surface area contributed by atoms with E-state index in [9.17, 15) is 14.7 Å². The number of hydrogen-bond donors (Lipinski definition) is 1. The van der Waals surface area contributed by atoms with E-state index in [-0.39, 0.29) is 35.2 Å². The van der Waals surface area contributed by atoms with Gasteiger partial charge in [0, 0.05) is 35.1 Å². The van der Waals surface area contributed by atoms with E-state index in [4.69, 9.17) is 11.6 Å². The maximum absolute atomic E-state index is 13.3. The Kier molecular flexibility index (Phi) is 4.78. The van der Waals surface area contributed by atoms with Crippen molar-refractivity contribution in [2.75, 3.05) is 4.90 Å². The van der Waals surface area contributed by atoms with Crippen LogP contribution in [0.1, 0.15) is 50.2 Å². The lowest BCUT2D eigenvalue weighted by Gasteiger charge is -2.43. The van der Waals surface area contributed by atoms with E-state index in [1.54, 1.807) is 35.2 Å². The molecule has 1 unspecified atom stereocenters. The Balaban J connectivity index is 1.89. The zero-order chi connectivity index (χ0) is 20.9. The molecule has 2 aromatic carbocycles. The highest BCUT2D eigenvalue weighted by atomic mass is 35.5. The van der Waals surface area contributed by atoms with Crippen molar-refractivity contribution in [2.24, 2.45) is 5.41 Å². The Hall–Kier alpha value is -2.59. The molecule has 2 aromatic rings. The van der Waals surface area contributed by atoms with Gasteiger partial charge in [0.1, 0.15) is 5.75 Å². The largest absolute Gasteiger partial charge is 0.508 e. The highest BCUT2D eigenvalue weighted by molar-refractivity contribution is 6.31. The molecule has 2 aliphatic rings. The number of phenolic OH excluding ortho intramolecular Hbond substituents is 1. The SMILES string of the molecule is Cc1ccc(N2C(=O)CC(c3ccc(O)cc3)C3=C2CC(C)(C)CC3=O)cc1Cl. The summed E-state index contributed by atoms with van der Waals surface area (Å²) in [5, 5.41) is 10.2. The molecule has 1 amide bonds. The van der Waals surface area contributed by atoms with E-state index in [2.05, 4.69) is 13.8 Å². The van der Waals surface area contributed by atoms with Gasteiger partial charge in [-0.1, -0.05) is 43.6 Å². The number of Topliss-reactive ketones (excluding diaryl/α,β-unsaturated/α-hetero) is 1. The van der Waals surface area contributed by atoms with Gasteiger partial charge in [-0.05, 0) is 54.2 Å². The Morgan fingerprint density at radius 3 is 2.41 bits per heavy atom. The van der Waals surface area contributed by atoms with Crippen LogP contribution in [0.2, 0.25) is 5.02 Å². The number of allylic oxidation sites excluding steroid dienone is 2. The number of carbonyl (C=O) groups is 2. The van der Waals surface area contributed by atoms with Crippen LogP contribution in [-0.2, 0) is 9.59 Å². The summed E-state index contributed by atoms with van der Waals surface area (Å²) < 4.78 is 0. The summed E-state index contributed by atoms with van der Waals surface area (Å²) in [6.07, 6.45) is 1.30. The quantitative estimate of drug-likeness (QED) is 0.710. The fourth-order valence-electron chi connectivity index (χ4n) is 4.43. The molecular formula is C24H24ClNO3. The normalized spacial score (nSPS) is 21.4. The average molecular weight is 410 g/mol. The lowest BCUT2D eigenvalue weighted by molar-refractivity contribution is -0.121. The molecule has 1 atom stereocenters. The van der Waals surface area contributed by atoms with E-state index in [1.165, 1.54) is 0 Å². The average Bonchev–Trinajstić information content (AvgIpc) is 2.63. The molecule has 150 valence electrons. The molecule has 1 heterocycles. The van der Waals surface area contributed by atoms with Crippen molar-refractivity contribution in [3.8, 4) is 5.75 Å². The molecule has 1 aliphatic carbocycles. The summed E-state index contributed by atoms with van der Waals surface area (Å²) >= 11 is 6.34. The molecule has 0 saturated heterocycles. The minimum Gasteiger partial charge on any atom is -0.508 e. The van der Waals surface area contributed by atoms with Crippen LogP contribution in [0.4, 0.5) is 5.69 Å². The van der Waals surface area contributed by atoms with Crippen molar-refractivity contribution in [3.05, 3.63) is 69.9 Å². The second-order valence-corrected chi connectivity index (χ2v) is 9.22. The number of halogens is 1. The summed E-state index contributed by atoms with van der Waals surface area (Å²) in [4.78, 5) is 28.2. The lowest BCUT2D eigenvalue weighted by atomic mass is 9.69. The fraction of sp³-hybridized carbons (Fsp3) is 0.333. The first-order valence-electron chi connectivity index (χ1n) is 9.80. The maximum atomic E-state index is 13.3. The molecular weight excluding hydrogens is 386 g/mol. The summed E-state index contributed by atoms with van der Waals surface area (Å²) in [6.45, 7) is 6.04. The number of ketones is 1. The topological polar surface area (TPSA) is 57.6 Å². The number of hydrogen-bond acceptors (Lipinski definition) is 3. The van der Waals surface area contributed by atoms with E-state index >= 15 is 0 Å². The monoisotopic (exact) mass is 409 g/mol. The molecule has 0 radical (unpaired) electrons. The smallest absolute Gasteiger partial charge is 0.232 e. The van der Waals surface area contributed by atoms with Crippen LogP contribution in [-0.4, -0.2) is 16.8 Å². The van der Waals surface area contributed by atoms with E-state index < -0.39 is 0 Å². The summed E-state index contributed by atoms with van der Waals surface area (Å²) in [5.74, 6) is -0.0896. The molecule has 1 aliphatic heterocycles. The number of nitrogens with zero attached hydrogens (tertiary/aromatic N) is 1. The van der Waals surface area contributed by atoms with E-state index in [0.717, 1.165) is 16.8 Å². The first kappa shape index (κ1) is 19.7. The van der Waals surface area contributed by atoms with Crippen molar-refractivity contribution < 1.29 is 14.7 Å². The summed E-state index contributed by atoms with van der Waals surface area (Å²) in [7, 11) is 0. The highest BCUT2D eigenvalue weighted by Gasteiger charge is 2.44. The zero-order valence-corrected chi connectivity index (χ0v) is 17.6. The number of phenols is 1. The number of benzene rings is 2. The molecule has 0 bridgehead atoms. The molecule has 0 fully saturated rings. The van der Waals surface area contributed by atoms with Crippen LogP contribution in [0.15, 0.2) is 53.7 Å². The van der Waals surface area contributed by atoms with Crippen molar-refractivity contribution in [1.29, 1.82) is 0 Å². The van der Waals surface area contributed by atoms with Gasteiger partial charge < -0.3 is 5.11 Å². The molecule has 4 nitrogen and oxygen atoms in total. The maximum Gasteiger partial charge on any atom is 0.232 e. The Bertz CT molecular complexity index is 1040. The minimum atomic E-state index is -0.293. The van der Waals surface area contributed by atoms with Gasteiger partial charge in [-0.3, -0.25) is 14.5 Å². The number of anilines is 1. The van der Waals surface area contributed by atoms with Gasteiger partial charge in [0.15, 0.2) is 5.78 Å². The number of aryl methyl sites for hydroxylation is 1. The predicted molar refractivity (Wildman–Crippen MR) is 114 cm³/mol. The molecule has 0 saturated carbocycles. The van der Waals surface area contributed by atoms with Crippen LogP contribution in [0.25, 0.3) is 0 Å². The summed E-state index contributed by atoms with van der Waals surface area (Å²) in [6, 6.07) is 12.4. The molecule has 4 rings (SSSR count). The Morgan fingerprint density at radius 1 is 1.07 bits per heavy atom. The standard InChI is InChI=1S/C24H24ClNO3/c1-14-4-7-16(10-19(14)25)26-20-12-24(2,3)13-21(28)23(20)18(11-22(26)29)15-5-8-17(27)9-6-15/h4-10,18,27H,11-13H2,1-3H3. The van der Waals surface area contributed by atoms with Crippen LogP contribution >= 0.6 is 11.6 Å². The number of carbonyl (C=O) groups excluding carboxylic acids is 2. The lowest BCUT2D eigenvalue weighted by Crippen LogP contribution is -2.43. The third kappa shape index (κ3) is 3.58. The predicted octanol–water partition coefficient (Wildman–Crippen LogP) is 5.52. The van der Waals surface area contributed by atoms with Crippen molar-refractivity contribution in [1.82, 2.24) is 0 Å². The second kappa shape index (κ2) is 7.03. The molecule has 5 heteroatoms. The first-order valence-corrected chi connectivity index (χ1v) is 10.2. The van der Waals surface area contributed by atoms with Gasteiger partial charge in [-0.15, -0.1) is 0 Å². The number of aromatic hydroxyl groups is 1. The molecule has 29 heavy (non-hydrogen) atoms. The molecule has 1 N–H and O–H groups in total. The van der Waals surface area contributed by atoms with Gasteiger partial charge >= 0.3 is 0 Å². The van der Waals surface area contributed by atoms with Gasteiger partial charge in [0.25, 0.3) is 0 Å². The Labute approximate surface area is 175 Å². The Morgan fingerprint density at radius 2 is 1.76 bits per heavy atom. The number of rotatable bonds is 2. The third-order valence-corrected chi connectivity index (χ3v) is 6.26. The van der Waals surface area contributed by atoms with Crippen molar-refractivity contribution >= 4 is 29.0 Å².